The standard InChI is InChI=1S/C12H26N4O/c1-14-11(12(13)17)5-7-16(3)9-10-4-6-15(2)8-10/h10-11,14H,4-9H2,1-3H3,(H2,13,17). The predicted octanol–water partition coefficient (Wildman–Crippen LogP) is -0.667. The highest BCUT2D eigenvalue weighted by molar-refractivity contribution is 5.79. The molecule has 5 nitrogen and oxygen atoms in total. The summed E-state index contributed by atoms with van der Waals surface area (Å²) in [6, 6.07) is -0.205. The van der Waals surface area contributed by atoms with Crippen molar-refractivity contribution >= 4 is 5.91 Å². The highest BCUT2D eigenvalue weighted by atomic mass is 16.1. The molecule has 0 saturated carbocycles. The number of likely N-dealkylation sites (N-methyl/N-ethyl adjacent to an activating group) is 1. The number of hydrogen-bond acceptors (Lipinski definition) is 4. The number of amides is 1. The van der Waals surface area contributed by atoms with E-state index < -0.39 is 0 Å². The van der Waals surface area contributed by atoms with Gasteiger partial charge in [0.2, 0.25) is 5.91 Å². The van der Waals surface area contributed by atoms with Crippen molar-refractivity contribution < 1.29 is 4.79 Å². The molecule has 0 bridgehead atoms. The zero-order valence-corrected chi connectivity index (χ0v) is 11.3. The third-order valence-electron chi connectivity index (χ3n) is 3.55. The molecular formula is C12H26N4O. The highest BCUT2D eigenvalue weighted by Gasteiger charge is 2.21. The molecule has 1 amide bonds. The van der Waals surface area contributed by atoms with Gasteiger partial charge in [-0.15, -0.1) is 0 Å². The van der Waals surface area contributed by atoms with Gasteiger partial charge in [0.05, 0.1) is 6.04 Å². The maximum absolute atomic E-state index is 11.1. The van der Waals surface area contributed by atoms with E-state index in [0.717, 1.165) is 25.4 Å². The van der Waals surface area contributed by atoms with E-state index in [2.05, 4.69) is 29.2 Å². The van der Waals surface area contributed by atoms with Gasteiger partial charge in [-0.3, -0.25) is 4.79 Å². The van der Waals surface area contributed by atoms with Crippen LogP contribution in [0.2, 0.25) is 0 Å². The van der Waals surface area contributed by atoms with Crippen LogP contribution in [0.15, 0.2) is 0 Å². The summed E-state index contributed by atoms with van der Waals surface area (Å²) in [6.45, 7) is 4.42. The van der Waals surface area contributed by atoms with Gasteiger partial charge in [-0.1, -0.05) is 0 Å². The Kier molecular flexibility index (Phi) is 5.88. The fourth-order valence-corrected chi connectivity index (χ4v) is 2.49. The number of nitrogens with two attached hydrogens (primary N) is 1. The zero-order valence-electron chi connectivity index (χ0n) is 11.3. The first-order chi connectivity index (χ1) is 8.02. The first-order valence-electron chi connectivity index (χ1n) is 6.36. The van der Waals surface area contributed by atoms with Gasteiger partial charge in [0.25, 0.3) is 0 Å². The summed E-state index contributed by atoms with van der Waals surface area (Å²) >= 11 is 0. The number of hydrogen-bond donors (Lipinski definition) is 2. The maximum atomic E-state index is 11.1. The fourth-order valence-electron chi connectivity index (χ4n) is 2.49. The molecule has 1 aliphatic heterocycles. The average molecular weight is 242 g/mol. The summed E-state index contributed by atoms with van der Waals surface area (Å²) in [6.07, 6.45) is 2.07. The minimum Gasteiger partial charge on any atom is -0.368 e. The molecule has 0 aliphatic carbocycles. The molecule has 3 N–H and O–H groups in total. The van der Waals surface area contributed by atoms with E-state index in [1.54, 1.807) is 7.05 Å². The van der Waals surface area contributed by atoms with Crippen molar-refractivity contribution in [2.24, 2.45) is 11.7 Å². The third-order valence-corrected chi connectivity index (χ3v) is 3.55. The summed E-state index contributed by atoms with van der Waals surface area (Å²) in [5.41, 5.74) is 5.29. The fraction of sp³-hybridized carbons (Fsp3) is 0.917. The monoisotopic (exact) mass is 242 g/mol. The first-order valence-corrected chi connectivity index (χ1v) is 6.36. The van der Waals surface area contributed by atoms with E-state index in [0.29, 0.717) is 0 Å². The molecule has 2 unspecified atom stereocenters. The van der Waals surface area contributed by atoms with E-state index in [1.807, 2.05) is 0 Å². The lowest BCUT2D eigenvalue weighted by atomic mass is 10.1. The van der Waals surface area contributed by atoms with Crippen molar-refractivity contribution in [2.75, 3.05) is 47.3 Å². The summed E-state index contributed by atoms with van der Waals surface area (Å²) < 4.78 is 0. The molecule has 5 heteroatoms. The van der Waals surface area contributed by atoms with Gasteiger partial charge in [-0.2, -0.15) is 0 Å². The smallest absolute Gasteiger partial charge is 0.234 e. The van der Waals surface area contributed by atoms with Crippen molar-refractivity contribution in [3.63, 3.8) is 0 Å². The van der Waals surface area contributed by atoms with E-state index in [-0.39, 0.29) is 11.9 Å². The lowest BCUT2D eigenvalue weighted by Crippen LogP contribution is -2.41. The largest absolute Gasteiger partial charge is 0.368 e. The lowest BCUT2D eigenvalue weighted by molar-refractivity contribution is -0.120. The van der Waals surface area contributed by atoms with Crippen LogP contribution in [0, 0.1) is 5.92 Å². The van der Waals surface area contributed by atoms with E-state index >= 15 is 0 Å². The molecule has 100 valence electrons. The Morgan fingerprint density at radius 1 is 1.65 bits per heavy atom. The summed E-state index contributed by atoms with van der Waals surface area (Å²) in [7, 11) is 6.07. The second-order valence-corrected chi connectivity index (χ2v) is 5.21. The van der Waals surface area contributed by atoms with Crippen molar-refractivity contribution in [3.05, 3.63) is 0 Å². The Bertz CT molecular complexity index is 247. The van der Waals surface area contributed by atoms with Crippen LogP contribution in [0.4, 0.5) is 0 Å². The highest BCUT2D eigenvalue weighted by Crippen LogP contribution is 2.15. The van der Waals surface area contributed by atoms with E-state index in [4.69, 9.17) is 5.73 Å². The number of carbonyl (C=O) groups excluding carboxylic acids is 1. The number of likely N-dealkylation sites (tertiary alicyclic amines) is 1. The Labute approximate surface area is 104 Å². The van der Waals surface area contributed by atoms with Crippen LogP contribution in [0.3, 0.4) is 0 Å². The molecule has 0 aromatic carbocycles. The van der Waals surface area contributed by atoms with Crippen LogP contribution in [0.1, 0.15) is 12.8 Å². The van der Waals surface area contributed by atoms with Crippen molar-refractivity contribution in [2.45, 2.75) is 18.9 Å². The van der Waals surface area contributed by atoms with Crippen LogP contribution in [0.25, 0.3) is 0 Å². The average Bonchev–Trinajstić information content (AvgIpc) is 2.64. The van der Waals surface area contributed by atoms with Crippen LogP contribution >= 0.6 is 0 Å². The molecule has 2 atom stereocenters. The molecule has 1 fully saturated rings. The molecule has 1 heterocycles. The molecule has 1 aliphatic rings. The Morgan fingerprint density at radius 2 is 2.35 bits per heavy atom. The van der Waals surface area contributed by atoms with Gasteiger partial charge in [0.15, 0.2) is 0 Å². The molecule has 0 radical (unpaired) electrons. The molecule has 0 aromatic rings. The van der Waals surface area contributed by atoms with Crippen LogP contribution in [0.5, 0.6) is 0 Å². The molecule has 1 saturated heterocycles. The van der Waals surface area contributed by atoms with Crippen LogP contribution in [-0.2, 0) is 4.79 Å². The van der Waals surface area contributed by atoms with E-state index in [1.165, 1.54) is 19.5 Å². The quantitative estimate of drug-likeness (QED) is 0.622. The van der Waals surface area contributed by atoms with Crippen LogP contribution in [-0.4, -0.2) is 69.1 Å². The molecule has 1 rings (SSSR count). The number of nitrogens with zero attached hydrogens (tertiary/aromatic N) is 2. The second kappa shape index (κ2) is 6.93. The first kappa shape index (κ1) is 14.4. The van der Waals surface area contributed by atoms with Gasteiger partial charge in [0, 0.05) is 13.1 Å². The Hall–Kier alpha value is -0.650. The maximum Gasteiger partial charge on any atom is 0.234 e. The Balaban J connectivity index is 2.20. The van der Waals surface area contributed by atoms with Crippen molar-refractivity contribution in [1.82, 2.24) is 15.1 Å². The lowest BCUT2D eigenvalue weighted by Gasteiger charge is -2.22. The van der Waals surface area contributed by atoms with Gasteiger partial charge in [0.1, 0.15) is 0 Å². The minimum absolute atomic E-state index is 0.205. The molecule has 17 heavy (non-hydrogen) atoms. The van der Waals surface area contributed by atoms with Gasteiger partial charge in [-0.05, 0) is 53.0 Å². The summed E-state index contributed by atoms with van der Waals surface area (Å²) in [5, 5.41) is 2.95. The van der Waals surface area contributed by atoms with E-state index in [9.17, 15) is 4.79 Å². The summed E-state index contributed by atoms with van der Waals surface area (Å²) in [5.74, 6) is 0.508. The van der Waals surface area contributed by atoms with Gasteiger partial charge >= 0.3 is 0 Å². The Morgan fingerprint density at radius 3 is 2.82 bits per heavy atom. The topological polar surface area (TPSA) is 61.6 Å². The third kappa shape index (κ3) is 5.02. The summed E-state index contributed by atoms with van der Waals surface area (Å²) in [4.78, 5) is 15.7. The SMILES string of the molecule is CNC(CCN(C)CC1CCN(C)C1)C(N)=O. The van der Waals surface area contributed by atoms with Gasteiger partial charge < -0.3 is 20.9 Å². The number of primary amides is 1. The normalized spacial score (nSPS) is 23.2. The van der Waals surface area contributed by atoms with Crippen molar-refractivity contribution in [3.8, 4) is 0 Å². The zero-order chi connectivity index (χ0) is 12.8. The molecular weight excluding hydrogens is 216 g/mol. The van der Waals surface area contributed by atoms with Crippen LogP contribution < -0.4 is 11.1 Å². The predicted molar refractivity (Wildman–Crippen MR) is 69.8 cm³/mol. The molecule has 0 aromatic heterocycles. The minimum atomic E-state index is -0.263. The van der Waals surface area contributed by atoms with Gasteiger partial charge in [-0.25, -0.2) is 0 Å². The number of nitrogens with one attached hydrogen (secondary N) is 1. The van der Waals surface area contributed by atoms with Crippen molar-refractivity contribution in [1.29, 1.82) is 0 Å². The number of carbonyl (C=O) groups is 1. The second-order valence-electron chi connectivity index (χ2n) is 5.21. The molecule has 0 spiro atoms. The number of rotatable bonds is 7.